The van der Waals surface area contributed by atoms with Gasteiger partial charge in [0, 0.05) is 5.69 Å². The molecule has 24 heavy (non-hydrogen) atoms. The average Bonchev–Trinajstić information content (AvgIpc) is 2.52. The molecule has 1 aromatic rings. The molecule has 1 aromatic carbocycles. The molecule has 0 aliphatic carbocycles. The third-order valence-corrected chi connectivity index (χ3v) is 4.49. The van der Waals surface area contributed by atoms with Crippen LogP contribution < -0.4 is 10.0 Å². The highest BCUT2D eigenvalue weighted by Crippen LogP contribution is 2.20. The van der Waals surface area contributed by atoms with Gasteiger partial charge in [-0.2, -0.15) is 0 Å². The summed E-state index contributed by atoms with van der Waals surface area (Å²) < 4.78 is 24.7. The zero-order valence-electron chi connectivity index (χ0n) is 14.9. The van der Waals surface area contributed by atoms with Crippen molar-refractivity contribution >= 4 is 15.7 Å². The summed E-state index contributed by atoms with van der Waals surface area (Å²) in [6, 6.07) is 6.88. The third-order valence-electron chi connectivity index (χ3n) is 3.89. The van der Waals surface area contributed by atoms with Crippen LogP contribution in [-0.4, -0.2) is 32.9 Å². The summed E-state index contributed by atoms with van der Waals surface area (Å²) in [4.78, 5) is 0. The van der Waals surface area contributed by atoms with Gasteiger partial charge in [-0.15, -0.1) is 0 Å². The minimum absolute atomic E-state index is 0.511. The van der Waals surface area contributed by atoms with Gasteiger partial charge in [0.25, 0.3) is 0 Å². The maximum absolute atomic E-state index is 11.2. The SMILES string of the molecule is CCCCCCCNCCCC(O)c1ccc(NS(C)(=O)=O)cc1. The number of nitrogens with one attached hydrogen (secondary N) is 2. The Hall–Kier alpha value is -1.11. The summed E-state index contributed by atoms with van der Waals surface area (Å²) in [5.41, 5.74) is 1.33. The minimum atomic E-state index is -3.26. The highest BCUT2D eigenvalue weighted by molar-refractivity contribution is 7.92. The average molecular weight is 357 g/mol. The first-order chi connectivity index (χ1) is 11.4. The fraction of sp³-hybridized carbons (Fsp3) is 0.667. The Labute approximate surface area is 146 Å². The van der Waals surface area contributed by atoms with Gasteiger partial charge in [-0.05, 0) is 50.0 Å². The lowest BCUT2D eigenvalue weighted by Crippen LogP contribution is -2.17. The predicted octanol–water partition coefficient (Wildman–Crippen LogP) is 3.43. The zero-order chi connectivity index (χ0) is 17.8. The molecule has 0 amide bonds. The van der Waals surface area contributed by atoms with E-state index in [0.29, 0.717) is 12.1 Å². The van der Waals surface area contributed by atoms with E-state index in [4.69, 9.17) is 0 Å². The summed E-state index contributed by atoms with van der Waals surface area (Å²) in [7, 11) is -3.26. The Morgan fingerprint density at radius 2 is 1.62 bits per heavy atom. The van der Waals surface area contributed by atoms with Crippen LogP contribution in [0.5, 0.6) is 0 Å². The quantitative estimate of drug-likeness (QED) is 0.473. The van der Waals surface area contributed by atoms with Gasteiger partial charge in [0.2, 0.25) is 10.0 Å². The summed E-state index contributed by atoms with van der Waals surface area (Å²) in [5.74, 6) is 0. The smallest absolute Gasteiger partial charge is 0.229 e. The molecule has 0 spiro atoms. The molecule has 138 valence electrons. The van der Waals surface area contributed by atoms with Gasteiger partial charge in [0.15, 0.2) is 0 Å². The largest absolute Gasteiger partial charge is 0.388 e. The van der Waals surface area contributed by atoms with Crippen molar-refractivity contribution in [3.8, 4) is 0 Å². The van der Waals surface area contributed by atoms with Crippen LogP contribution in [0.25, 0.3) is 0 Å². The first kappa shape index (κ1) is 20.9. The van der Waals surface area contributed by atoms with Crippen molar-refractivity contribution in [1.29, 1.82) is 0 Å². The van der Waals surface area contributed by atoms with Crippen molar-refractivity contribution < 1.29 is 13.5 Å². The van der Waals surface area contributed by atoms with E-state index in [0.717, 1.165) is 31.3 Å². The van der Waals surface area contributed by atoms with Crippen LogP contribution in [0, 0.1) is 0 Å². The van der Waals surface area contributed by atoms with Gasteiger partial charge in [0.1, 0.15) is 0 Å². The fourth-order valence-electron chi connectivity index (χ4n) is 2.55. The van der Waals surface area contributed by atoms with Crippen molar-refractivity contribution in [3.63, 3.8) is 0 Å². The van der Waals surface area contributed by atoms with Gasteiger partial charge in [-0.25, -0.2) is 8.42 Å². The lowest BCUT2D eigenvalue weighted by atomic mass is 10.0. The Kier molecular flexibility index (Phi) is 9.98. The van der Waals surface area contributed by atoms with E-state index >= 15 is 0 Å². The molecule has 1 unspecified atom stereocenters. The molecule has 3 N–H and O–H groups in total. The second-order valence-electron chi connectivity index (χ2n) is 6.32. The lowest BCUT2D eigenvalue weighted by Gasteiger charge is -2.12. The molecule has 0 heterocycles. The molecule has 0 fully saturated rings. The van der Waals surface area contributed by atoms with Crippen LogP contribution >= 0.6 is 0 Å². The predicted molar refractivity (Wildman–Crippen MR) is 101 cm³/mol. The number of sulfonamides is 1. The molecule has 0 saturated carbocycles. The van der Waals surface area contributed by atoms with E-state index in [9.17, 15) is 13.5 Å². The number of hydrogen-bond acceptors (Lipinski definition) is 4. The van der Waals surface area contributed by atoms with Crippen molar-refractivity contribution in [2.24, 2.45) is 0 Å². The van der Waals surface area contributed by atoms with Gasteiger partial charge in [0.05, 0.1) is 12.4 Å². The second kappa shape index (κ2) is 11.4. The first-order valence-electron chi connectivity index (χ1n) is 8.89. The number of hydrogen-bond donors (Lipinski definition) is 3. The van der Waals surface area contributed by atoms with E-state index in [1.54, 1.807) is 24.3 Å². The Balaban J connectivity index is 2.18. The maximum atomic E-state index is 11.2. The van der Waals surface area contributed by atoms with Crippen molar-refractivity contribution in [1.82, 2.24) is 5.32 Å². The monoisotopic (exact) mass is 356 g/mol. The van der Waals surface area contributed by atoms with Crippen LogP contribution in [0.2, 0.25) is 0 Å². The number of anilines is 1. The number of rotatable bonds is 13. The summed E-state index contributed by atoms with van der Waals surface area (Å²) in [5, 5.41) is 13.6. The second-order valence-corrected chi connectivity index (χ2v) is 8.07. The number of aliphatic hydroxyl groups excluding tert-OH is 1. The third kappa shape index (κ3) is 9.90. The number of aliphatic hydroxyl groups is 1. The molecule has 1 rings (SSSR count). The van der Waals surface area contributed by atoms with Crippen molar-refractivity contribution in [2.75, 3.05) is 24.1 Å². The Morgan fingerprint density at radius 3 is 2.25 bits per heavy atom. The Morgan fingerprint density at radius 1 is 1.00 bits per heavy atom. The van der Waals surface area contributed by atoms with E-state index < -0.39 is 16.1 Å². The van der Waals surface area contributed by atoms with Crippen molar-refractivity contribution in [3.05, 3.63) is 29.8 Å². The molecule has 0 saturated heterocycles. The van der Waals surface area contributed by atoms with Gasteiger partial charge >= 0.3 is 0 Å². The molecule has 0 bridgehead atoms. The van der Waals surface area contributed by atoms with Crippen LogP contribution in [-0.2, 0) is 10.0 Å². The summed E-state index contributed by atoms with van der Waals surface area (Å²) >= 11 is 0. The van der Waals surface area contributed by atoms with Crippen molar-refractivity contribution in [2.45, 2.75) is 58.0 Å². The topological polar surface area (TPSA) is 78.4 Å². The van der Waals surface area contributed by atoms with E-state index in [2.05, 4.69) is 17.0 Å². The lowest BCUT2D eigenvalue weighted by molar-refractivity contribution is 0.164. The zero-order valence-corrected chi connectivity index (χ0v) is 15.7. The van der Waals surface area contributed by atoms with Gasteiger partial charge in [-0.1, -0.05) is 44.7 Å². The summed E-state index contributed by atoms with van der Waals surface area (Å²) in [6.07, 6.45) is 8.65. The number of benzene rings is 1. The molecule has 0 aromatic heterocycles. The maximum Gasteiger partial charge on any atom is 0.229 e. The molecule has 6 heteroatoms. The standard InChI is InChI=1S/C18H32N2O3S/c1-3-4-5-6-7-14-19-15-8-9-18(21)16-10-12-17(13-11-16)20-24(2,22)23/h10-13,18-21H,3-9,14-15H2,1-2H3. The molecular formula is C18H32N2O3S. The molecule has 5 nitrogen and oxygen atoms in total. The van der Waals surface area contributed by atoms with E-state index in [-0.39, 0.29) is 0 Å². The Bertz CT molecular complexity index is 544. The van der Waals surface area contributed by atoms with Crippen LogP contribution in [0.15, 0.2) is 24.3 Å². The normalized spacial score (nSPS) is 13.0. The van der Waals surface area contributed by atoms with Gasteiger partial charge in [-0.3, -0.25) is 4.72 Å². The van der Waals surface area contributed by atoms with E-state index in [1.165, 1.54) is 32.1 Å². The molecule has 0 aliphatic rings. The number of unbranched alkanes of at least 4 members (excludes halogenated alkanes) is 4. The van der Waals surface area contributed by atoms with Gasteiger partial charge < -0.3 is 10.4 Å². The first-order valence-corrected chi connectivity index (χ1v) is 10.8. The van der Waals surface area contributed by atoms with Crippen LogP contribution in [0.3, 0.4) is 0 Å². The summed E-state index contributed by atoms with van der Waals surface area (Å²) in [6.45, 7) is 4.18. The highest BCUT2D eigenvalue weighted by atomic mass is 32.2. The fourth-order valence-corrected chi connectivity index (χ4v) is 3.12. The van der Waals surface area contributed by atoms with E-state index in [1.807, 2.05) is 0 Å². The molecule has 0 aliphatic heterocycles. The highest BCUT2D eigenvalue weighted by Gasteiger charge is 2.08. The molecule has 1 atom stereocenters. The molecular weight excluding hydrogens is 324 g/mol. The minimum Gasteiger partial charge on any atom is -0.388 e. The molecule has 0 radical (unpaired) electrons. The van der Waals surface area contributed by atoms with Crippen LogP contribution in [0.4, 0.5) is 5.69 Å². The van der Waals surface area contributed by atoms with Crippen LogP contribution in [0.1, 0.15) is 63.5 Å².